The number of aryl methyl sites for hydroxylation is 1. The fourth-order valence-corrected chi connectivity index (χ4v) is 5.52. The molecule has 0 radical (unpaired) electrons. The Kier molecular flexibility index (Phi) is 5.97. The van der Waals surface area contributed by atoms with Crippen molar-refractivity contribution < 1.29 is 18.0 Å². The van der Waals surface area contributed by atoms with E-state index < -0.39 is 12.7 Å². The van der Waals surface area contributed by atoms with Gasteiger partial charge in [-0.25, -0.2) is 4.98 Å². The third kappa shape index (κ3) is 5.56. The number of piperidine rings is 1. The van der Waals surface area contributed by atoms with Crippen molar-refractivity contribution >= 4 is 33.6 Å². The van der Waals surface area contributed by atoms with Crippen LogP contribution in [0.5, 0.6) is 0 Å². The van der Waals surface area contributed by atoms with E-state index in [1.807, 2.05) is 18.4 Å². The quantitative estimate of drug-likeness (QED) is 0.700. The lowest BCUT2D eigenvalue weighted by molar-refractivity contribution is -0.148. The van der Waals surface area contributed by atoms with Gasteiger partial charge in [-0.15, -0.1) is 22.7 Å². The van der Waals surface area contributed by atoms with Gasteiger partial charge in [0.2, 0.25) is 0 Å². The Bertz CT molecular complexity index is 858. The first-order chi connectivity index (χ1) is 13.8. The molecule has 5 nitrogen and oxygen atoms in total. The Morgan fingerprint density at radius 2 is 2.10 bits per heavy atom. The van der Waals surface area contributed by atoms with Crippen molar-refractivity contribution in [2.45, 2.75) is 50.4 Å². The minimum Gasteiger partial charge on any atom is -0.312 e. The molecule has 0 aromatic carbocycles. The van der Waals surface area contributed by atoms with Crippen LogP contribution in [-0.4, -0.2) is 53.7 Å². The molecular formula is C19H23F3N4OS2. The van der Waals surface area contributed by atoms with Crippen molar-refractivity contribution in [2.24, 2.45) is 0 Å². The molecule has 2 aromatic heterocycles. The highest BCUT2D eigenvalue weighted by molar-refractivity contribution is 7.15. The smallest absolute Gasteiger partial charge is 0.312 e. The lowest BCUT2D eigenvalue weighted by Crippen LogP contribution is -2.46. The molecule has 1 aliphatic heterocycles. The first-order valence-electron chi connectivity index (χ1n) is 9.64. The highest BCUT2D eigenvalue weighted by Crippen LogP contribution is 2.44. The molecule has 2 atom stereocenters. The number of halogens is 3. The number of rotatable bonds is 6. The maximum atomic E-state index is 12.5. The lowest BCUT2D eigenvalue weighted by atomic mass is 10.0. The summed E-state index contributed by atoms with van der Waals surface area (Å²) in [6.45, 7) is 2.04. The molecule has 0 spiro atoms. The van der Waals surface area contributed by atoms with E-state index in [9.17, 15) is 18.0 Å². The van der Waals surface area contributed by atoms with Crippen molar-refractivity contribution in [3.63, 3.8) is 0 Å². The predicted molar refractivity (Wildman–Crippen MR) is 109 cm³/mol. The van der Waals surface area contributed by atoms with E-state index in [4.69, 9.17) is 0 Å². The Hall–Kier alpha value is -1.49. The Balaban J connectivity index is 1.23. The van der Waals surface area contributed by atoms with E-state index in [0.717, 1.165) is 29.3 Å². The summed E-state index contributed by atoms with van der Waals surface area (Å²) in [5.74, 6) is 0.263. The van der Waals surface area contributed by atoms with Gasteiger partial charge in [-0.05, 0) is 45.3 Å². The zero-order valence-electron chi connectivity index (χ0n) is 16.0. The summed E-state index contributed by atoms with van der Waals surface area (Å²) in [5, 5.41) is 9.99. The van der Waals surface area contributed by atoms with Crippen LogP contribution in [-0.2, 0) is 0 Å². The van der Waals surface area contributed by atoms with Gasteiger partial charge in [-0.2, -0.15) is 13.2 Å². The molecule has 1 aliphatic carbocycles. The zero-order valence-corrected chi connectivity index (χ0v) is 17.6. The summed E-state index contributed by atoms with van der Waals surface area (Å²) in [5.41, 5.74) is 0.655. The first kappa shape index (κ1) is 20.8. The second-order valence-corrected chi connectivity index (χ2v) is 9.89. The Labute approximate surface area is 175 Å². The Morgan fingerprint density at radius 1 is 1.34 bits per heavy atom. The molecular weight excluding hydrogens is 421 g/mol. The van der Waals surface area contributed by atoms with Gasteiger partial charge in [0.15, 0.2) is 0 Å². The van der Waals surface area contributed by atoms with Crippen LogP contribution in [0.2, 0.25) is 0 Å². The predicted octanol–water partition coefficient (Wildman–Crippen LogP) is 4.24. The minimum absolute atomic E-state index is 0.127. The third-order valence-electron chi connectivity index (χ3n) is 5.34. The number of hydrogen-bond acceptors (Lipinski definition) is 6. The number of thiophene rings is 1. The van der Waals surface area contributed by atoms with Gasteiger partial charge in [-0.3, -0.25) is 9.69 Å². The van der Waals surface area contributed by atoms with Crippen LogP contribution in [0.15, 0.2) is 17.6 Å². The van der Waals surface area contributed by atoms with E-state index in [-0.39, 0.29) is 11.9 Å². The van der Waals surface area contributed by atoms with Crippen LogP contribution in [0.4, 0.5) is 18.2 Å². The van der Waals surface area contributed by atoms with Crippen LogP contribution in [0.1, 0.15) is 45.4 Å². The van der Waals surface area contributed by atoms with Crippen LogP contribution in [0, 0.1) is 6.92 Å². The molecule has 10 heteroatoms. The van der Waals surface area contributed by atoms with Gasteiger partial charge in [0.25, 0.3) is 5.91 Å². The van der Waals surface area contributed by atoms with E-state index >= 15 is 0 Å². The van der Waals surface area contributed by atoms with Crippen LogP contribution in [0.3, 0.4) is 0 Å². The topological polar surface area (TPSA) is 57.3 Å². The number of alkyl halides is 3. The molecule has 3 heterocycles. The molecule has 4 rings (SSSR count). The molecule has 2 aromatic rings. The van der Waals surface area contributed by atoms with Crippen LogP contribution >= 0.6 is 22.7 Å². The summed E-state index contributed by atoms with van der Waals surface area (Å²) in [6, 6.07) is 2.58. The fraction of sp³-hybridized carbons (Fsp3) is 0.579. The standard InChI is InChI=1S/C19H23F3N4OS2/c1-11-23-8-17(29-11)25-18(27)12-6-16(28-9-12)14-7-15(14)24-13-2-4-26(5-3-13)10-19(20,21)22/h6,8-9,13-15,24H,2-5,7,10H2,1H3,(H,25,27). The van der Waals surface area contributed by atoms with Gasteiger partial charge < -0.3 is 10.6 Å². The van der Waals surface area contributed by atoms with Crippen molar-refractivity contribution in [2.75, 3.05) is 25.0 Å². The van der Waals surface area contributed by atoms with E-state index in [1.165, 1.54) is 21.1 Å². The van der Waals surface area contributed by atoms with Gasteiger partial charge >= 0.3 is 6.18 Å². The lowest BCUT2D eigenvalue weighted by Gasteiger charge is -2.33. The van der Waals surface area contributed by atoms with Crippen molar-refractivity contribution in [1.29, 1.82) is 0 Å². The second kappa shape index (κ2) is 8.33. The summed E-state index contributed by atoms with van der Waals surface area (Å²) in [4.78, 5) is 19.2. The second-order valence-electron chi connectivity index (χ2n) is 7.72. The van der Waals surface area contributed by atoms with Gasteiger partial charge in [0, 0.05) is 28.3 Å². The summed E-state index contributed by atoms with van der Waals surface area (Å²) < 4.78 is 37.5. The van der Waals surface area contributed by atoms with Gasteiger partial charge in [-0.1, -0.05) is 0 Å². The van der Waals surface area contributed by atoms with E-state index in [2.05, 4.69) is 15.6 Å². The maximum Gasteiger partial charge on any atom is 0.401 e. The molecule has 1 amide bonds. The number of thiazole rings is 1. The number of nitrogens with one attached hydrogen (secondary N) is 2. The molecule has 29 heavy (non-hydrogen) atoms. The number of amides is 1. The van der Waals surface area contributed by atoms with Gasteiger partial charge in [0.1, 0.15) is 5.00 Å². The molecule has 1 saturated carbocycles. The van der Waals surface area contributed by atoms with Gasteiger partial charge in [0.05, 0.1) is 23.3 Å². The van der Waals surface area contributed by atoms with E-state index in [1.54, 1.807) is 17.5 Å². The fourth-order valence-electron chi connectivity index (χ4n) is 3.78. The molecule has 1 saturated heterocycles. The van der Waals surface area contributed by atoms with Crippen LogP contribution < -0.4 is 10.6 Å². The third-order valence-corrected chi connectivity index (χ3v) is 7.23. The highest BCUT2D eigenvalue weighted by atomic mass is 32.1. The van der Waals surface area contributed by atoms with Crippen LogP contribution in [0.25, 0.3) is 0 Å². The van der Waals surface area contributed by atoms with Crippen molar-refractivity contribution in [3.05, 3.63) is 33.1 Å². The average Bonchev–Trinajstić information content (AvgIpc) is 3.03. The minimum atomic E-state index is -4.12. The van der Waals surface area contributed by atoms with Crippen molar-refractivity contribution in [3.8, 4) is 0 Å². The molecule has 2 unspecified atom stereocenters. The molecule has 2 fully saturated rings. The molecule has 2 N–H and O–H groups in total. The molecule has 2 aliphatic rings. The van der Waals surface area contributed by atoms with Crippen molar-refractivity contribution in [1.82, 2.24) is 15.2 Å². The maximum absolute atomic E-state index is 12.5. The zero-order chi connectivity index (χ0) is 20.6. The number of likely N-dealkylation sites (tertiary alicyclic amines) is 1. The number of carbonyl (C=O) groups is 1. The summed E-state index contributed by atoms with van der Waals surface area (Å²) in [6.07, 6.45) is 0.0333. The number of carbonyl (C=O) groups excluding carboxylic acids is 1. The average molecular weight is 445 g/mol. The SMILES string of the molecule is Cc1ncc(NC(=O)c2csc(C3CC3NC3CCN(CC(F)(F)F)CC3)c2)s1. The molecule has 158 valence electrons. The summed E-state index contributed by atoms with van der Waals surface area (Å²) in [7, 11) is 0. The normalized spacial score (nSPS) is 23.3. The number of nitrogens with zero attached hydrogens (tertiary/aromatic N) is 2. The molecule has 0 bridgehead atoms. The monoisotopic (exact) mass is 444 g/mol. The van der Waals surface area contributed by atoms with E-state index in [0.29, 0.717) is 30.6 Å². The number of hydrogen-bond donors (Lipinski definition) is 2. The largest absolute Gasteiger partial charge is 0.401 e. The summed E-state index contributed by atoms with van der Waals surface area (Å²) >= 11 is 3.03. The Morgan fingerprint density at radius 3 is 2.76 bits per heavy atom. The highest BCUT2D eigenvalue weighted by Gasteiger charge is 2.41. The number of aromatic nitrogens is 1. The first-order valence-corrected chi connectivity index (χ1v) is 11.3. The number of anilines is 1.